The van der Waals surface area contributed by atoms with Crippen molar-refractivity contribution in [1.82, 2.24) is 10.6 Å². The minimum atomic E-state index is -0.488. The van der Waals surface area contributed by atoms with Crippen LogP contribution in [-0.2, 0) is 9.59 Å². The Kier molecular flexibility index (Phi) is 4.33. The molecule has 5 nitrogen and oxygen atoms in total. The van der Waals surface area contributed by atoms with Gasteiger partial charge < -0.3 is 15.4 Å². The lowest BCUT2D eigenvalue weighted by atomic mass is 10.1. The van der Waals surface area contributed by atoms with Gasteiger partial charge in [-0.3, -0.25) is 9.59 Å². The van der Waals surface area contributed by atoms with Crippen LogP contribution in [0, 0.1) is 5.82 Å². The summed E-state index contributed by atoms with van der Waals surface area (Å²) in [5.41, 5.74) is 0. The number of rotatable bonds is 4. The van der Waals surface area contributed by atoms with Gasteiger partial charge in [0.05, 0.1) is 0 Å². The molecule has 1 saturated heterocycles. The van der Waals surface area contributed by atoms with E-state index in [0.717, 1.165) is 6.42 Å². The SMILES string of the molecule is O=C(COc1ccc(F)cc1)NC1CCCNC1=O. The van der Waals surface area contributed by atoms with Gasteiger partial charge in [-0.1, -0.05) is 0 Å². The second-order valence-corrected chi connectivity index (χ2v) is 4.30. The summed E-state index contributed by atoms with van der Waals surface area (Å²) in [4.78, 5) is 23.0. The van der Waals surface area contributed by atoms with Crippen LogP contribution in [-0.4, -0.2) is 31.0 Å². The van der Waals surface area contributed by atoms with Crippen LogP contribution in [0.2, 0.25) is 0 Å². The van der Waals surface area contributed by atoms with Crippen molar-refractivity contribution in [2.24, 2.45) is 0 Å². The first kappa shape index (κ1) is 13.3. The number of benzene rings is 1. The first-order chi connectivity index (χ1) is 9.15. The lowest BCUT2D eigenvalue weighted by molar-refractivity contribution is -0.131. The summed E-state index contributed by atoms with van der Waals surface area (Å²) in [6, 6.07) is 4.90. The number of amides is 2. The van der Waals surface area contributed by atoms with Crippen molar-refractivity contribution < 1.29 is 18.7 Å². The molecule has 0 spiro atoms. The standard InChI is InChI=1S/C13H15FN2O3/c14-9-3-5-10(6-4-9)19-8-12(17)16-11-2-1-7-15-13(11)18/h3-6,11H,1-2,7-8H2,(H,15,18)(H,16,17). The summed E-state index contributed by atoms with van der Waals surface area (Å²) in [7, 11) is 0. The molecule has 2 N–H and O–H groups in total. The van der Waals surface area contributed by atoms with E-state index in [2.05, 4.69) is 10.6 Å². The average Bonchev–Trinajstić information content (AvgIpc) is 2.41. The molecular formula is C13H15FN2O3. The summed E-state index contributed by atoms with van der Waals surface area (Å²) >= 11 is 0. The van der Waals surface area contributed by atoms with E-state index in [-0.39, 0.29) is 24.2 Å². The van der Waals surface area contributed by atoms with Crippen molar-refractivity contribution in [3.63, 3.8) is 0 Å². The minimum Gasteiger partial charge on any atom is -0.484 e. The molecule has 2 amide bonds. The highest BCUT2D eigenvalue weighted by Gasteiger charge is 2.23. The molecule has 6 heteroatoms. The van der Waals surface area contributed by atoms with E-state index in [4.69, 9.17) is 4.74 Å². The first-order valence-electron chi connectivity index (χ1n) is 6.10. The Bertz CT molecular complexity index is 461. The van der Waals surface area contributed by atoms with Gasteiger partial charge in [-0.05, 0) is 37.1 Å². The summed E-state index contributed by atoms with van der Waals surface area (Å²) in [5.74, 6) is -0.493. The van der Waals surface area contributed by atoms with Gasteiger partial charge >= 0.3 is 0 Å². The third-order valence-corrected chi connectivity index (χ3v) is 2.80. The van der Waals surface area contributed by atoms with Gasteiger partial charge in [0, 0.05) is 6.54 Å². The van der Waals surface area contributed by atoms with Crippen molar-refractivity contribution in [2.45, 2.75) is 18.9 Å². The summed E-state index contributed by atoms with van der Waals surface area (Å²) in [6.07, 6.45) is 1.48. The van der Waals surface area contributed by atoms with E-state index in [1.165, 1.54) is 24.3 Å². The van der Waals surface area contributed by atoms with Gasteiger partial charge in [-0.25, -0.2) is 4.39 Å². The smallest absolute Gasteiger partial charge is 0.258 e. The molecule has 0 radical (unpaired) electrons. The second-order valence-electron chi connectivity index (χ2n) is 4.30. The van der Waals surface area contributed by atoms with Gasteiger partial charge in [0.1, 0.15) is 17.6 Å². The maximum Gasteiger partial charge on any atom is 0.258 e. The molecule has 1 unspecified atom stereocenters. The second kappa shape index (κ2) is 6.17. The number of hydrogen-bond donors (Lipinski definition) is 2. The number of piperidine rings is 1. The highest BCUT2D eigenvalue weighted by molar-refractivity contribution is 5.88. The molecule has 1 aromatic rings. The molecule has 1 aliphatic rings. The van der Waals surface area contributed by atoms with Crippen LogP contribution in [0.1, 0.15) is 12.8 Å². The lowest BCUT2D eigenvalue weighted by Gasteiger charge is -2.22. The predicted octanol–water partition coefficient (Wildman–Crippen LogP) is 0.599. The largest absolute Gasteiger partial charge is 0.484 e. The number of carbonyl (C=O) groups is 2. The molecule has 0 aliphatic carbocycles. The van der Waals surface area contributed by atoms with E-state index in [0.29, 0.717) is 18.7 Å². The zero-order valence-corrected chi connectivity index (χ0v) is 10.3. The van der Waals surface area contributed by atoms with Crippen LogP contribution in [0.3, 0.4) is 0 Å². The van der Waals surface area contributed by atoms with Gasteiger partial charge in [0.15, 0.2) is 6.61 Å². The molecule has 1 aromatic carbocycles. The Hall–Kier alpha value is -2.11. The fourth-order valence-corrected chi connectivity index (χ4v) is 1.83. The fourth-order valence-electron chi connectivity index (χ4n) is 1.83. The van der Waals surface area contributed by atoms with E-state index >= 15 is 0 Å². The fraction of sp³-hybridized carbons (Fsp3) is 0.385. The van der Waals surface area contributed by atoms with E-state index in [1.54, 1.807) is 0 Å². The number of carbonyl (C=O) groups excluding carboxylic acids is 2. The molecule has 102 valence electrons. The highest BCUT2D eigenvalue weighted by atomic mass is 19.1. The Morgan fingerprint density at radius 1 is 1.42 bits per heavy atom. The van der Waals surface area contributed by atoms with Gasteiger partial charge in [0.2, 0.25) is 5.91 Å². The molecule has 1 atom stereocenters. The van der Waals surface area contributed by atoms with Gasteiger partial charge in [0.25, 0.3) is 5.91 Å². The topological polar surface area (TPSA) is 67.4 Å². The maximum atomic E-state index is 12.7. The maximum absolute atomic E-state index is 12.7. The molecule has 0 saturated carbocycles. The Morgan fingerprint density at radius 3 is 2.84 bits per heavy atom. The monoisotopic (exact) mass is 266 g/mol. The summed E-state index contributed by atoms with van der Waals surface area (Å²) < 4.78 is 17.8. The van der Waals surface area contributed by atoms with Crippen molar-refractivity contribution in [1.29, 1.82) is 0 Å². The van der Waals surface area contributed by atoms with Crippen LogP contribution in [0.15, 0.2) is 24.3 Å². The van der Waals surface area contributed by atoms with Crippen LogP contribution in [0.5, 0.6) is 5.75 Å². The van der Waals surface area contributed by atoms with Crippen molar-refractivity contribution >= 4 is 11.8 Å². The lowest BCUT2D eigenvalue weighted by Crippen LogP contribution is -2.51. The zero-order valence-electron chi connectivity index (χ0n) is 10.3. The Labute approximate surface area is 110 Å². The molecule has 1 fully saturated rings. The van der Waals surface area contributed by atoms with Crippen LogP contribution in [0.25, 0.3) is 0 Å². The normalized spacial score (nSPS) is 18.6. The molecule has 0 aromatic heterocycles. The number of hydrogen-bond acceptors (Lipinski definition) is 3. The molecule has 2 rings (SSSR count). The van der Waals surface area contributed by atoms with Crippen molar-refractivity contribution in [3.8, 4) is 5.75 Å². The first-order valence-corrected chi connectivity index (χ1v) is 6.10. The predicted molar refractivity (Wildman–Crippen MR) is 66.1 cm³/mol. The number of nitrogens with one attached hydrogen (secondary N) is 2. The number of ether oxygens (including phenoxy) is 1. The number of halogens is 1. The van der Waals surface area contributed by atoms with Crippen LogP contribution >= 0.6 is 0 Å². The summed E-state index contributed by atoms with van der Waals surface area (Å²) in [6.45, 7) is 0.451. The molecule has 19 heavy (non-hydrogen) atoms. The Balaban J connectivity index is 1.78. The van der Waals surface area contributed by atoms with E-state index in [1.807, 2.05) is 0 Å². The van der Waals surface area contributed by atoms with Crippen LogP contribution < -0.4 is 15.4 Å². The molecular weight excluding hydrogens is 251 g/mol. The van der Waals surface area contributed by atoms with E-state index in [9.17, 15) is 14.0 Å². The molecule has 0 bridgehead atoms. The third-order valence-electron chi connectivity index (χ3n) is 2.80. The Morgan fingerprint density at radius 2 is 2.16 bits per heavy atom. The van der Waals surface area contributed by atoms with Crippen molar-refractivity contribution in [2.75, 3.05) is 13.2 Å². The molecule has 1 aliphatic heterocycles. The minimum absolute atomic E-state index is 0.165. The van der Waals surface area contributed by atoms with Gasteiger partial charge in [-0.2, -0.15) is 0 Å². The average molecular weight is 266 g/mol. The summed E-state index contributed by atoms with van der Waals surface area (Å²) in [5, 5.41) is 5.28. The van der Waals surface area contributed by atoms with Crippen molar-refractivity contribution in [3.05, 3.63) is 30.1 Å². The van der Waals surface area contributed by atoms with E-state index < -0.39 is 6.04 Å². The van der Waals surface area contributed by atoms with Crippen LogP contribution in [0.4, 0.5) is 4.39 Å². The zero-order chi connectivity index (χ0) is 13.7. The molecule has 1 heterocycles. The van der Waals surface area contributed by atoms with Gasteiger partial charge in [-0.15, -0.1) is 0 Å². The quantitative estimate of drug-likeness (QED) is 0.838. The third kappa shape index (κ3) is 3.94. The highest BCUT2D eigenvalue weighted by Crippen LogP contribution is 2.10.